The average molecular weight is 295 g/mol. The van der Waals surface area contributed by atoms with Crippen molar-refractivity contribution in [3.05, 3.63) is 33.9 Å². The van der Waals surface area contributed by atoms with E-state index in [1.54, 1.807) is 26.8 Å². The van der Waals surface area contributed by atoms with Crippen molar-refractivity contribution in [2.75, 3.05) is 7.11 Å². The molecule has 0 unspecified atom stereocenters. The second-order valence-electron chi connectivity index (χ2n) is 5.06. The first kappa shape index (κ1) is 16.4. The molecule has 0 spiro atoms. The summed E-state index contributed by atoms with van der Waals surface area (Å²) in [5.74, 6) is 0.150. The highest BCUT2D eigenvalue weighted by atomic mass is 16.6. The van der Waals surface area contributed by atoms with Crippen molar-refractivity contribution in [1.29, 1.82) is 0 Å². The summed E-state index contributed by atoms with van der Waals surface area (Å²) in [5.41, 5.74) is 1.81. The maximum absolute atomic E-state index is 11.3. The van der Waals surface area contributed by atoms with Gasteiger partial charge in [-0.3, -0.25) is 10.1 Å². The van der Waals surface area contributed by atoms with Gasteiger partial charge in [0.25, 0.3) is 0 Å². The van der Waals surface area contributed by atoms with Crippen molar-refractivity contribution >= 4 is 18.0 Å². The van der Waals surface area contributed by atoms with Crippen LogP contribution < -0.4 is 10.2 Å². The number of nitro benzene ring substituents is 1. The minimum Gasteiger partial charge on any atom is -0.490 e. The van der Waals surface area contributed by atoms with E-state index in [4.69, 9.17) is 9.47 Å². The second-order valence-corrected chi connectivity index (χ2v) is 5.06. The number of hydrogen-bond donors (Lipinski definition) is 1. The average Bonchev–Trinajstić information content (AvgIpc) is 2.36. The van der Waals surface area contributed by atoms with Crippen LogP contribution in [0.25, 0.3) is 0 Å². The van der Waals surface area contributed by atoms with Crippen molar-refractivity contribution in [3.8, 4) is 5.75 Å². The molecular formula is C13H17N3O5. The third kappa shape index (κ3) is 5.47. The van der Waals surface area contributed by atoms with E-state index in [0.717, 1.165) is 0 Å². The maximum atomic E-state index is 11.3. The SMILES string of the molecule is COc1ccc(C=NNC(=O)OC(C)(C)C)cc1[N+](=O)[O-]. The topological polar surface area (TPSA) is 103 Å². The van der Waals surface area contributed by atoms with Gasteiger partial charge in [0.1, 0.15) is 5.60 Å². The lowest BCUT2D eigenvalue weighted by atomic mass is 10.2. The van der Waals surface area contributed by atoms with Gasteiger partial charge < -0.3 is 9.47 Å². The predicted octanol–water partition coefficient (Wildman–Crippen LogP) is 2.46. The monoisotopic (exact) mass is 295 g/mol. The molecular weight excluding hydrogens is 278 g/mol. The van der Waals surface area contributed by atoms with Crippen LogP contribution in [0, 0.1) is 10.1 Å². The highest BCUT2D eigenvalue weighted by molar-refractivity contribution is 5.82. The molecule has 0 aliphatic heterocycles. The zero-order chi connectivity index (χ0) is 16.0. The van der Waals surface area contributed by atoms with Crippen molar-refractivity contribution in [2.24, 2.45) is 5.10 Å². The number of rotatable bonds is 4. The van der Waals surface area contributed by atoms with Gasteiger partial charge in [0.05, 0.1) is 18.2 Å². The second kappa shape index (κ2) is 6.69. The van der Waals surface area contributed by atoms with E-state index in [9.17, 15) is 14.9 Å². The van der Waals surface area contributed by atoms with Crippen molar-refractivity contribution in [3.63, 3.8) is 0 Å². The van der Waals surface area contributed by atoms with Crippen molar-refractivity contribution < 1.29 is 19.2 Å². The van der Waals surface area contributed by atoms with Gasteiger partial charge in [-0.2, -0.15) is 5.10 Å². The van der Waals surface area contributed by atoms with Crippen LogP contribution in [0.1, 0.15) is 26.3 Å². The molecule has 0 heterocycles. The summed E-state index contributed by atoms with van der Waals surface area (Å²) in [7, 11) is 1.35. The van der Waals surface area contributed by atoms with Crippen LogP contribution in [0.4, 0.5) is 10.5 Å². The van der Waals surface area contributed by atoms with E-state index in [2.05, 4.69) is 10.5 Å². The molecule has 1 amide bonds. The zero-order valence-corrected chi connectivity index (χ0v) is 12.2. The third-order valence-corrected chi connectivity index (χ3v) is 2.17. The van der Waals surface area contributed by atoms with Crippen LogP contribution in [0.5, 0.6) is 5.75 Å². The molecule has 114 valence electrons. The molecule has 1 aromatic rings. The van der Waals surface area contributed by atoms with Gasteiger partial charge in [-0.15, -0.1) is 0 Å². The number of nitrogens with zero attached hydrogens (tertiary/aromatic N) is 2. The number of hydrazone groups is 1. The Bertz CT molecular complexity index is 563. The molecule has 0 bridgehead atoms. The Morgan fingerprint density at radius 1 is 1.43 bits per heavy atom. The number of methoxy groups -OCH3 is 1. The first-order valence-corrected chi connectivity index (χ1v) is 6.07. The van der Waals surface area contributed by atoms with Crippen LogP contribution in [0.3, 0.4) is 0 Å². The number of nitro groups is 1. The highest BCUT2D eigenvalue weighted by Crippen LogP contribution is 2.26. The smallest absolute Gasteiger partial charge is 0.428 e. The molecule has 1 aromatic carbocycles. The van der Waals surface area contributed by atoms with E-state index in [-0.39, 0.29) is 11.4 Å². The molecule has 0 atom stereocenters. The van der Waals surface area contributed by atoms with E-state index in [0.29, 0.717) is 5.56 Å². The van der Waals surface area contributed by atoms with Gasteiger partial charge in [-0.1, -0.05) is 0 Å². The van der Waals surface area contributed by atoms with Crippen molar-refractivity contribution in [2.45, 2.75) is 26.4 Å². The van der Waals surface area contributed by atoms with E-state index < -0.39 is 16.6 Å². The first-order valence-electron chi connectivity index (χ1n) is 6.07. The number of benzene rings is 1. The number of carbonyl (C=O) groups excluding carboxylic acids is 1. The number of ether oxygens (including phenoxy) is 2. The maximum Gasteiger partial charge on any atom is 0.428 e. The number of hydrogen-bond acceptors (Lipinski definition) is 6. The quantitative estimate of drug-likeness (QED) is 0.522. The minimum absolute atomic E-state index is 0.150. The summed E-state index contributed by atoms with van der Waals surface area (Å²) in [4.78, 5) is 21.7. The van der Waals surface area contributed by atoms with Gasteiger partial charge >= 0.3 is 11.8 Å². The summed E-state index contributed by atoms with van der Waals surface area (Å²) < 4.78 is 9.87. The Hall–Kier alpha value is -2.64. The van der Waals surface area contributed by atoms with Crippen LogP contribution in [-0.4, -0.2) is 29.9 Å². The fourth-order valence-corrected chi connectivity index (χ4v) is 1.39. The lowest BCUT2D eigenvalue weighted by molar-refractivity contribution is -0.385. The number of carbonyl (C=O) groups is 1. The van der Waals surface area contributed by atoms with Crippen LogP contribution in [0.2, 0.25) is 0 Å². The minimum atomic E-state index is -0.707. The first-order chi connectivity index (χ1) is 9.73. The van der Waals surface area contributed by atoms with Crippen molar-refractivity contribution in [1.82, 2.24) is 5.43 Å². The molecule has 0 saturated heterocycles. The Balaban J connectivity index is 2.75. The van der Waals surface area contributed by atoms with Gasteiger partial charge in [0, 0.05) is 11.6 Å². The Morgan fingerprint density at radius 2 is 2.10 bits per heavy atom. The molecule has 0 aromatic heterocycles. The van der Waals surface area contributed by atoms with E-state index in [1.165, 1.54) is 25.5 Å². The van der Waals surface area contributed by atoms with Gasteiger partial charge in [0.2, 0.25) is 0 Å². The number of amides is 1. The van der Waals surface area contributed by atoms with Gasteiger partial charge in [-0.05, 0) is 32.9 Å². The molecule has 8 nitrogen and oxygen atoms in total. The molecule has 0 saturated carbocycles. The molecule has 0 aliphatic rings. The standard InChI is InChI=1S/C13H17N3O5/c1-13(2,3)21-12(17)15-14-8-9-5-6-11(20-4)10(7-9)16(18)19/h5-8H,1-4H3,(H,15,17). The Kier molecular flexibility index (Phi) is 5.23. The predicted molar refractivity (Wildman–Crippen MR) is 76.6 cm³/mol. The summed E-state index contributed by atoms with van der Waals surface area (Å²) in [6.45, 7) is 5.18. The van der Waals surface area contributed by atoms with Crippen LogP contribution >= 0.6 is 0 Å². The number of nitrogens with one attached hydrogen (secondary N) is 1. The molecule has 0 radical (unpaired) electrons. The summed E-state index contributed by atoms with van der Waals surface area (Å²) in [5, 5.41) is 14.5. The Morgan fingerprint density at radius 3 is 2.62 bits per heavy atom. The molecule has 8 heteroatoms. The summed E-state index contributed by atoms with van der Waals surface area (Å²) in [6.07, 6.45) is 0.567. The molecule has 0 fully saturated rings. The molecule has 21 heavy (non-hydrogen) atoms. The lowest BCUT2D eigenvalue weighted by Crippen LogP contribution is -2.29. The van der Waals surface area contributed by atoms with E-state index >= 15 is 0 Å². The largest absolute Gasteiger partial charge is 0.490 e. The van der Waals surface area contributed by atoms with Crippen LogP contribution in [-0.2, 0) is 4.74 Å². The summed E-state index contributed by atoms with van der Waals surface area (Å²) in [6, 6.07) is 4.32. The molecule has 1 N–H and O–H groups in total. The molecule has 0 aliphatic carbocycles. The van der Waals surface area contributed by atoms with Crippen LogP contribution in [0.15, 0.2) is 23.3 Å². The van der Waals surface area contributed by atoms with E-state index in [1.807, 2.05) is 0 Å². The normalized spacial score (nSPS) is 11.2. The van der Waals surface area contributed by atoms with Gasteiger partial charge in [0.15, 0.2) is 5.75 Å². The fraction of sp³-hybridized carbons (Fsp3) is 0.385. The zero-order valence-electron chi connectivity index (χ0n) is 12.2. The Labute approximate surface area is 121 Å². The highest BCUT2D eigenvalue weighted by Gasteiger charge is 2.16. The lowest BCUT2D eigenvalue weighted by Gasteiger charge is -2.18. The fourth-order valence-electron chi connectivity index (χ4n) is 1.39. The third-order valence-electron chi connectivity index (χ3n) is 2.17. The van der Waals surface area contributed by atoms with Gasteiger partial charge in [-0.25, -0.2) is 10.2 Å². The summed E-state index contributed by atoms with van der Waals surface area (Å²) >= 11 is 0. The molecule has 1 rings (SSSR count).